The van der Waals surface area contributed by atoms with E-state index in [0.29, 0.717) is 29.6 Å². The molecule has 0 aliphatic carbocycles. The Hall–Kier alpha value is -2.37. The van der Waals surface area contributed by atoms with Crippen LogP contribution >= 0.6 is 0 Å². The summed E-state index contributed by atoms with van der Waals surface area (Å²) in [7, 11) is 3.35. The van der Waals surface area contributed by atoms with E-state index < -0.39 is 0 Å². The molecule has 0 unspecified atom stereocenters. The molecule has 0 spiro atoms. The number of hydrogen-bond acceptors (Lipinski definition) is 5. The second-order valence-electron chi connectivity index (χ2n) is 4.07. The SMILES string of the molecule is COc1ccc(F)cc1N(C)Cc1nccc(N)n1. The summed E-state index contributed by atoms with van der Waals surface area (Å²) in [6.07, 6.45) is 1.59. The Bertz CT molecular complexity index is 576. The second-order valence-corrected chi connectivity index (χ2v) is 4.07. The number of nitrogen functional groups attached to an aromatic ring is 1. The van der Waals surface area contributed by atoms with E-state index in [1.165, 1.54) is 12.1 Å². The molecule has 0 bridgehead atoms. The number of hydrogen-bond donors (Lipinski definition) is 1. The minimum Gasteiger partial charge on any atom is -0.495 e. The first-order valence-corrected chi connectivity index (χ1v) is 5.72. The molecule has 2 rings (SSSR count). The van der Waals surface area contributed by atoms with Crippen LogP contribution in [0.4, 0.5) is 15.9 Å². The highest BCUT2D eigenvalue weighted by Gasteiger charge is 2.11. The zero-order chi connectivity index (χ0) is 13.8. The lowest BCUT2D eigenvalue weighted by Gasteiger charge is -2.21. The summed E-state index contributed by atoms with van der Waals surface area (Å²) in [6.45, 7) is 0.408. The maximum Gasteiger partial charge on any atom is 0.149 e. The third kappa shape index (κ3) is 3.09. The normalized spacial score (nSPS) is 10.3. The van der Waals surface area contributed by atoms with E-state index in [4.69, 9.17) is 10.5 Å². The van der Waals surface area contributed by atoms with E-state index in [1.807, 2.05) is 7.05 Å². The summed E-state index contributed by atoms with van der Waals surface area (Å²) in [4.78, 5) is 10.0. The lowest BCUT2D eigenvalue weighted by molar-refractivity contribution is 0.413. The Morgan fingerprint density at radius 1 is 1.37 bits per heavy atom. The summed E-state index contributed by atoms with van der Waals surface area (Å²) in [5, 5.41) is 0. The standard InChI is InChI=1S/C13H15FN4O/c1-18(8-13-16-6-5-12(15)17-13)10-7-9(14)3-4-11(10)19-2/h3-7H,8H2,1-2H3,(H2,15,16,17). The molecule has 6 heteroatoms. The van der Waals surface area contributed by atoms with Crippen LogP contribution in [-0.2, 0) is 6.54 Å². The molecule has 0 atom stereocenters. The Kier molecular flexibility index (Phi) is 3.79. The van der Waals surface area contributed by atoms with Crippen LogP contribution in [0.2, 0.25) is 0 Å². The van der Waals surface area contributed by atoms with E-state index >= 15 is 0 Å². The van der Waals surface area contributed by atoms with Crippen molar-refractivity contribution in [2.75, 3.05) is 24.8 Å². The van der Waals surface area contributed by atoms with E-state index in [1.54, 1.807) is 30.3 Å². The number of methoxy groups -OCH3 is 1. The number of ether oxygens (including phenoxy) is 1. The van der Waals surface area contributed by atoms with Crippen molar-refractivity contribution in [3.05, 3.63) is 42.1 Å². The third-order valence-electron chi connectivity index (χ3n) is 2.66. The molecule has 0 radical (unpaired) electrons. The van der Waals surface area contributed by atoms with Gasteiger partial charge in [-0.15, -0.1) is 0 Å². The molecule has 0 aliphatic heterocycles. The largest absolute Gasteiger partial charge is 0.495 e. The number of nitrogens with two attached hydrogens (primary N) is 1. The van der Waals surface area contributed by atoms with Crippen molar-refractivity contribution in [3.8, 4) is 5.75 Å². The zero-order valence-corrected chi connectivity index (χ0v) is 10.8. The van der Waals surface area contributed by atoms with Gasteiger partial charge in [0.2, 0.25) is 0 Å². The Labute approximate surface area is 110 Å². The van der Waals surface area contributed by atoms with E-state index in [0.717, 1.165) is 0 Å². The molecule has 5 nitrogen and oxygen atoms in total. The quantitative estimate of drug-likeness (QED) is 0.910. The summed E-state index contributed by atoms with van der Waals surface area (Å²) in [6, 6.07) is 5.96. The van der Waals surface area contributed by atoms with Gasteiger partial charge in [-0.1, -0.05) is 0 Å². The van der Waals surface area contributed by atoms with Gasteiger partial charge in [-0.3, -0.25) is 0 Å². The molecule has 0 fully saturated rings. The fraction of sp³-hybridized carbons (Fsp3) is 0.231. The van der Waals surface area contributed by atoms with Crippen molar-refractivity contribution >= 4 is 11.5 Å². The van der Waals surface area contributed by atoms with Gasteiger partial charge >= 0.3 is 0 Å². The number of nitrogens with zero attached hydrogens (tertiary/aromatic N) is 3. The highest BCUT2D eigenvalue weighted by Crippen LogP contribution is 2.28. The predicted molar refractivity (Wildman–Crippen MR) is 71.5 cm³/mol. The fourth-order valence-corrected chi connectivity index (χ4v) is 1.75. The average molecular weight is 262 g/mol. The van der Waals surface area contributed by atoms with Gasteiger partial charge in [0.1, 0.15) is 23.2 Å². The van der Waals surface area contributed by atoms with Crippen molar-refractivity contribution in [2.45, 2.75) is 6.54 Å². The summed E-state index contributed by atoms with van der Waals surface area (Å²) >= 11 is 0. The molecular weight excluding hydrogens is 247 g/mol. The first-order chi connectivity index (χ1) is 9.10. The van der Waals surface area contributed by atoms with Crippen LogP contribution in [0.5, 0.6) is 5.75 Å². The fourth-order valence-electron chi connectivity index (χ4n) is 1.75. The third-order valence-corrected chi connectivity index (χ3v) is 2.66. The molecule has 0 aliphatic rings. The van der Waals surface area contributed by atoms with Crippen molar-refractivity contribution in [1.82, 2.24) is 9.97 Å². The van der Waals surface area contributed by atoms with Gasteiger partial charge in [0.15, 0.2) is 0 Å². The predicted octanol–water partition coefficient (Wildman–Crippen LogP) is 1.84. The topological polar surface area (TPSA) is 64.3 Å². The Morgan fingerprint density at radius 2 is 2.16 bits per heavy atom. The lowest BCUT2D eigenvalue weighted by Crippen LogP contribution is -2.19. The first kappa shape index (κ1) is 13.1. The maximum atomic E-state index is 13.3. The van der Waals surface area contributed by atoms with Gasteiger partial charge in [-0.25, -0.2) is 14.4 Å². The average Bonchev–Trinajstić information content (AvgIpc) is 2.38. The molecule has 100 valence electrons. The van der Waals surface area contributed by atoms with Crippen LogP contribution in [0.25, 0.3) is 0 Å². The van der Waals surface area contributed by atoms with E-state index in [2.05, 4.69) is 9.97 Å². The second kappa shape index (κ2) is 5.51. The van der Waals surface area contributed by atoms with Crippen LogP contribution in [0.15, 0.2) is 30.5 Å². The summed E-state index contributed by atoms with van der Waals surface area (Å²) in [5.41, 5.74) is 6.23. The Morgan fingerprint density at radius 3 is 2.84 bits per heavy atom. The molecule has 19 heavy (non-hydrogen) atoms. The van der Waals surface area contributed by atoms with Crippen LogP contribution < -0.4 is 15.4 Å². The summed E-state index contributed by atoms with van der Waals surface area (Å²) in [5.74, 6) is 1.24. The van der Waals surface area contributed by atoms with Gasteiger partial charge in [0.25, 0.3) is 0 Å². The lowest BCUT2D eigenvalue weighted by atomic mass is 10.2. The number of rotatable bonds is 4. The highest BCUT2D eigenvalue weighted by molar-refractivity contribution is 5.58. The van der Waals surface area contributed by atoms with Crippen LogP contribution in [0.3, 0.4) is 0 Å². The van der Waals surface area contributed by atoms with Gasteiger partial charge in [-0.2, -0.15) is 0 Å². The van der Waals surface area contributed by atoms with Crippen LogP contribution in [-0.4, -0.2) is 24.1 Å². The number of halogens is 1. The molecule has 1 aromatic heterocycles. The minimum atomic E-state index is -0.323. The molecule has 0 saturated carbocycles. The van der Waals surface area contributed by atoms with Crippen LogP contribution in [0.1, 0.15) is 5.82 Å². The molecule has 2 aromatic rings. The monoisotopic (exact) mass is 262 g/mol. The highest BCUT2D eigenvalue weighted by atomic mass is 19.1. The number of aromatic nitrogens is 2. The smallest absolute Gasteiger partial charge is 0.149 e. The molecule has 0 amide bonds. The van der Waals surface area contributed by atoms with Gasteiger partial charge in [-0.05, 0) is 18.2 Å². The van der Waals surface area contributed by atoms with E-state index in [9.17, 15) is 4.39 Å². The Balaban J connectivity index is 2.24. The van der Waals surface area contributed by atoms with Crippen molar-refractivity contribution in [2.24, 2.45) is 0 Å². The first-order valence-electron chi connectivity index (χ1n) is 5.72. The molecular formula is C13H15FN4O. The molecule has 1 aromatic carbocycles. The number of anilines is 2. The van der Waals surface area contributed by atoms with Gasteiger partial charge in [0, 0.05) is 19.3 Å². The number of benzene rings is 1. The zero-order valence-electron chi connectivity index (χ0n) is 10.8. The minimum absolute atomic E-state index is 0.323. The molecule has 0 saturated heterocycles. The summed E-state index contributed by atoms with van der Waals surface area (Å²) < 4.78 is 18.5. The molecule has 1 heterocycles. The van der Waals surface area contributed by atoms with E-state index in [-0.39, 0.29) is 5.82 Å². The molecule has 2 N–H and O–H groups in total. The van der Waals surface area contributed by atoms with Crippen molar-refractivity contribution in [3.63, 3.8) is 0 Å². The maximum absolute atomic E-state index is 13.3. The van der Waals surface area contributed by atoms with Crippen molar-refractivity contribution in [1.29, 1.82) is 0 Å². The van der Waals surface area contributed by atoms with Gasteiger partial charge in [0.05, 0.1) is 19.3 Å². The van der Waals surface area contributed by atoms with Crippen molar-refractivity contribution < 1.29 is 9.13 Å². The van der Waals surface area contributed by atoms with Crippen LogP contribution in [0, 0.1) is 5.82 Å². The van der Waals surface area contributed by atoms with Gasteiger partial charge < -0.3 is 15.4 Å².